The summed E-state index contributed by atoms with van der Waals surface area (Å²) in [5.41, 5.74) is -4.87. The molecule has 27 heavy (non-hydrogen) atoms. The second-order valence-electron chi connectivity index (χ2n) is 5.84. The highest BCUT2D eigenvalue weighted by molar-refractivity contribution is 5.85. The first kappa shape index (κ1) is 23.8. The van der Waals surface area contributed by atoms with Gasteiger partial charge in [0.15, 0.2) is 0 Å². The fraction of sp³-hybridized carbons (Fsp3) is 0.600. The number of alkyl halides is 8. The number of halogens is 10. The Morgan fingerprint density at radius 2 is 1.52 bits per heavy atom. The van der Waals surface area contributed by atoms with Crippen LogP contribution in [0.3, 0.4) is 0 Å². The molecular weight excluding hydrogens is 415 g/mol. The molecule has 12 heteroatoms. The van der Waals surface area contributed by atoms with Gasteiger partial charge in [0.1, 0.15) is 5.82 Å². The van der Waals surface area contributed by atoms with Crippen LogP contribution in [0.1, 0.15) is 29.2 Å². The minimum atomic E-state index is -5.33. The summed E-state index contributed by atoms with van der Waals surface area (Å²) < 4.78 is 118. The summed E-state index contributed by atoms with van der Waals surface area (Å²) in [5.74, 6) is -1.80. The second kappa shape index (κ2) is 8.87. The van der Waals surface area contributed by atoms with Gasteiger partial charge < -0.3 is 5.32 Å². The van der Waals surface area contributed by atoms with E-state index in [1.807, 2.05) is 0 Å². The zero-order chi connectivity index (χ0) is 19.7. The van der Waals surface area contributed by atoms with Gasteiger partial charge in [0.25, 0.3) is 0 Å². The molecule has 0 spiro atoms. The van der Waals surface area contributed by atoms with Gasteiger partial charge in [0.2, 0.25) is 6.43 Å². The lowest BCUT2D eigenvalue weighted by molar-refractivity contribution is -0.144. The van der Waals surface area contributed by atoms with Crippen molar-refractivity contribution in [3.05, 3.63) is 34.6 Å². The molecule has 1 atom stereocenters. The molecule has 0 radical (unpaired) electrons. The van der Waals surface area contributed by atoms with Gasteiger partial charge >= 0.3 is 12.4 Å². The average Bonchev–Trinajstić information content (AvgIpc) is 2.51. The van der Waals surface area contributed by atoms with Crippen LogP contribution in [0.2, 0.25) is 0 Å². The predicted molar refractivity (Wildman–Crippen MR) is 81.5 cm³/mol. The van der Waals surface area contributed by atoms with Gasteiger partial charge in [-0.15, -0.1) is 12.4 Å². The molecule has 1 heterocycles. The van der Waals surface area contributed by atoms with E-state index in [1.165, 1.54) is 4.90 Å². The van der Waals surface area contributed by atoms with Gasteiger partial charge in [-0.3, -0.25) is 4.90 Å². The van der Waals surface area contributed by atoms with E-state index in [9.17, 15) is 39.5 Å². The molecule has 0 aliphatic carbocycles. The van der Waals surface area contributed by atoms with Gasteiger partial charge in [-0.2, -0.15) is 26.3 Å². The third-order valence-corrected chi connectivity index (χ3v) is 4.09. The molecule has 0 unspecified atom stereocenters. The van der Waals surface area contributed by atoms with Crippen molar-refractivity contribution in [1.82, 2.24) is 10.2 Å². The third kappa shape index (κ3) is 5.89. The maximum absolute atomic E-state index is 14.3. The monoisotopic (exact) mass is 430 g/mol. The van der Waals surface area contributed by atoms with Gasteiger partial charge in [-0.05, 0) is 12.1 Å². The maximum Gasteiger partial charge on any atom is 0.416 e. The molecule has 0 saturated carbocycles. The Kier molecular flexibility index (Phi) is 7.83. The normalized spacial score (nSPS) is 17.7. The molecule has 156 valence electrons. The zero-order valence-corrected chi connectivity index (χ0v) is 14.4. The molecule has 2 nitrogen and oxygen atoms in total. The molecule has 1 N–H and O–H groups in total. The van der Waals surface area contributed by atoms with Crippen LogP contribution in [0.25, 0.3) is 0 Å². The lowest BCUT2D eigenvalue weighted by atomic mass is 9.93. The van der Waals surface area contributed by atoms with E-state index in [1.54, 1.807) is 0 Å². The first-order chi connectivity index (χ1) is 11.9. The van der Waals surface area contributed by atoms with E-state index in [-0.39, 0.29) is 50.7 Å². The number of rotatable bonds is 4. The number of benzene rings is 1. The summed E-state index contributed by atoms with van der Waals surface area (Å²) in [7, 11) is 0. The first-order valence-corrected chi connectivity index (χ1v) is 7.62. The van der Waals surface area contributed by atoms with Crippen LogP contribution >= 0.6 is 12.4 Å². The largest absolute Gasteiger partial charge is 0.416 e. The van der Waals surface area contributed by atoms with E-state index >= 15 is 0 Å². The van der Waals surface area contributed by atoms with Crippen LogP contribution in [0.5, 0.6) is 0 Å². The topological polar surface area (TPSA) is 15.3 Å². The number of nitrogens with one attached hydrogen (secondary N) is 1. The van der Waals surface area contributed by atoms with Crippen LogP contribution in [-0.2, 0) is 12.4 Å². The van der Waals surface area contributed by atoms with Gasteiger partial charge in [0.05, 0.1) is 11.1 Å². The second-order valence-corrected chi connectivity index (χ2v) is 5.84. The van der Waals surface area contributed by atoms with Crippen LogP contribution in [0.4, 0.5) is 39.5 Å². The average molecular weight is 431 g/mol. The van der Waals surface area contributed by atoms with Crippen molar-refractivity contribution < 1.29 is 39.5 Å². The predicted octanol–water partition coefficient (Wildman–Crippen LogP) is 4.89. The van der Waals surface area contributed by atoms with Crippen LogP contribution in [0, 0.1) is 5.82 Å². The Morgan fingerprint density at radius 1 is 0.963 bits per heavy atom. The summed E-state index contributed by atoms with van der Waals surface area (Å²) in [5, 5.41) is 2.87. The molecule has 0 aromatic heterocycles. The number of nitrogens with zero attached hydrogens (tertiary/aromatic N) is 1. The SMILES string of the molecule is Cl.Fc1cc(C(F)(F)F)cc(C(F)(F)F)c1[C@H](CC(F)F)N1CCNCC1. The van der Waals surface area contributed by atoms with Gasteiger partial charge in [-0.1, -0.05) is 0 Å². The Hall–Kier alpha value is -1.20. The van der Waals surface area contributed by atoms with E-state index in [0.29, 0.717) is 0 Å². The highest BCUT2D eigenvalue weighted by atomic mass is 35.5. The highest BCUT2D eigenvalue weighted by Crippen LogP contribution is 2.43. The standard InChI is InChI=1S/C15H15F9N2.ClH/c16-10-6-8(14(19,20)21)5-9(15(22,23)24)13(10)11(7-12(17)18)26-3-1-25-2-4-26;/h5-6,11-12,25H,1-4,7H2;1H/t11-;/m0./s1. The van der Waals surface area contributed by atoms with Crippen molar-refractivity contribution >= 4 is 12.4 Å². The molecule has 1 aliphatic heterocycles. The van der Waals surface area contributed by atoms with Crippen molar-refractivity contribution in [3.63, 3.8) is 0 Å². The molecule has 1 aromatic carbocycles. The lowest BCUT2D eigenvalue weighted by Gasteiger charge is -2.36. The van der Waals surface area contributed by atoms with Crippen LogP contribution in [-0.4, -0.2) is 37.5 Å². The van der Waals surface area contributed by atoms with E-state index in [2.05, 4.69) is 5.32 Å². The van der Waals surface area contributed by atoms with Crippen LogP contribution < -0.4 is 5.32 Å². The van der Waals surface area contributed by atoms with E-state index in [4.69, 9.17) is 0 Å². The Labute approximate surface area is 155 Å². The van der Waals surface area contributed by atoms with Crippen molar-refractivity contribution in [2.75, 3.05) is 26.2 Å². The van der Waals surface area contributed by atoms with Crippen molar-refractivity contribution in [2.45, 2.75) is 31.2 Å². The lowest BCUT2D eigenvalue weighted by Crippen LogP contribution is -2.46. The van der Waals surface area contributed by atoms with Crippen molar-refractivity contribution in [1.29, 1.82) is 0 Å². The smallest absolute Gasteiger partial charge is 0.314 e. The molecule has 1 aromatic rings. The Bertz CT molecular complexity index is 625. The molecule has 1 aliphatic rings. The quantitative estimate of drug-likeness (QED) is 0.685. The van der Waals surface area contributed by atoms with E-state index < -0.39 is 53.7 Å². The number of piperazine rings is 1. The molecule has 1 fully saturated rings. The first-order valence-electron chi connectivity index (χ1n) is 7.62. The minimum absolute atomic E-state index is 0. The molecule has 2 rings (SSSR count). The maximum atomic E-state index is 14.3. The molecule has 1 saturated heterocycles. The fourth-order valence-electron chi connectivity index (χ4n) is 2.97. The Balaban J connectivity index is 0.00000364. The summed E-state index contributed by atoms with van der Waals surface area (Å²) in [6.45, 7) is 0.691. The number of hydrogen-bond donors (Lipinski definition) is 1. The van der Waals surface area contributed by atoms with Gasteiger partial charge in [-0.25, -0.2) is 13.2 Å². The summed E-state index contributed by atoms with van der Waals surface area (Å²) >= 11 is 0. The summed E-state index contributed by atoms with van der Waals surface area (Å²) in [4.78, 5) is 1.23. The molecular formula is C15H16ClF9N2. The highest BCUT2D eigenvalue weighted by Gasteiger charge is 2.43. The minimum Gasteiger partial charge on any atom is -0.314 e. The Morgan fingerprint density at radius 3 is 1.96 bits per heavy atom. The zero-order valence-electron chi connectivity index (χ0n) is 13.6. The van der Waals surface area contributed by atoms with Gasteiger partial charge in [0, 0.05) is 44.2 Å². The van der Waals surface area contributed by atoms with Crippen molar-refractivity contribution in [2.24, 2.45) is 0 Å². The fourth-order valence-corrected chi connectivity index (χ4v) is 2.97. The molecule has 0 bridgehead atoms. The summed E-state index contributed by atoms with van der Waals surface area (Å²) in [6, 6.07) is -1.99. The molecule has 0 amide bonds. The van der Waals surface area contributed by atoms with Crippen LogP contribution in [0.15, 0.2) is 12.1 Å². The third-order valence-electron chi connectivity index (χ3n) is 4.09. The van der Waals surface area contributed by atoms with Crippen molar-refractivity contribution in [3.8, 4) is 0 Å². The summed E-state index contributed by atoms with van der Waals surface area (Å²) in [6.07, 6.45) is -14.7. The van der Waals surface area contributed by atoms with E-state index in [0.717, 1.165) is 0 Å². The number of hydrogen-bond acceptors (Lipinski definition) is 2.